The van der Waals surface area contributed by atoms with Crippen molar-refractivity contribution in [2.45, 2.75) is 62.7 Å². The minimum atomic E-state index is -0.336. The van der Waals surface area contributed by atoms with Gasteiger partial charge in [0.2, 0.25) is 0 Å². The Bertz CT molecular complexity index is 1170. The monoisotopic (exact) mass is 473 g/mol. The number of benzene rings is 2. The molecule has 2 unspecified atom stereocenters. The summed E-state index contributed by atoms with van der Waals surface area (Å²) < 4.78 is 6.04. The van der Waals surface area contributed by atoms with Gasteiger partial charge in [-0.15, -0.1) is 0 Å². The molecule has 6 rings (SSSR count). The molecule has 3 aliphatic rings. The van der Waals surface area contributed by atoms with E-state index < -0.39 is 0 Å². The van der Waals surface area contributed by atoms with Gasteiger partial charge in [-0.05, 0) is 43.7 Å². The van der Waals surface area contributed by atoms with Gasteiger partial charge in [0.25, 0.3) is 11.7 Å². The maximum atomic E-state index is 11.0. The van der Waals surface area contributed by atoms with E-state index in [1.165, 1.54) is 25.7 Å². The van der Waals surface area contributed by atoms with Gasteiger partial charge in [-0.1, -0.05) is 43.2 Å². The summed E-state index contributed by atoms with van der Waals surface area (Å²) in [6.45, 7) is 1.03. The van der Waals surface area contributed by atoms with E-state index in [0.29, 0.717) is 30.1 Å². The summed E-state index contributed by atoms with van der Waals surface area (Å²) in [7, 11) is 0. The Morgan fingerprint density at radius 1 is 0.971 bits per heavy atom. The first-order valence-corrected chi connectivity index (χ1v) is 12.7. The SMILES string of the molecule is O=[N+]([O-])c1ccc(N2C[C@@H]3C[C@H](NC4CCCCC4Nc4ncc(-c5ccccc5)o4)[C@H]2C3)cc1. The summed E-state index contributed by atoms with van der Waals surface area (Å²) in [5.41, 5.74) is 2.26. The first-order valence-electron chi connectivity index (χ1n) is 12.7. The van der Waals surface area contributed by atoms with Crippen molar-refractivity contribution in [3.63, 3.8) is 0 Å². The lowest BCUT2D eigenvalue weighted by Crippen LogP contribution is -2.56. The first-order chi connectivity index (χ1) is 17.1. The first kappa shape index (κ1) is 22.1. The Kier molecular flexibility index (Phi) is 5.90. The molecule has 1 aromatic heterocycles. The largest absolute Gasteiger partial charge is 0.424 e. The van der Waals surface area contributed by atoms with E-state index in [1.807, 2.05) is 42.5 Å². The van der Waals surface area contributed by atoms with Gasteiger partial charge < -0.3 is 20.0 Å². The molecule has 2 heterocycles. The molecule has 2 aliphatic carbocycles. The molecular weight excluding hydrogens is 442 g/mol. The summed E-state index contributed by atoms with van der Waals surface area (Å²) in [6.07, 6.45) is 8.81. The summed E-state index contributed by atoms with van der Waals surface area (Å²) in [5.74, 6) is 1.45. The van der Waals surface area contributed by atoms with Gasteiger partial charge in [0.05, 0.1) is 11.1 Å². The number of rotatable bonds is 7. The zero-order valence-corrected chi connectivity index (χ0v) is 19.7. The van der Waals surface area contributed by atoms with E-state index in [2.05, 4.69) is 20.5 Å². The van der Waals surface area contributed by atoms with Crippen LogP contribution < -0.4 is 15.5 Å². The third kappa shape index (κ3) is 4.50. The Morgan fingerprint density at radius 3 is 2.49 bits per heavy atom. The van der Waals surface area contributed by atoms with Crippen LogP contribution in [0.2, 0.25) is 0 Å². The molecular formula is C27H31N5O3. The number of nitrogens with zero attached hydrogens (tertiary/aromatic N) is 3. The van der Waals surface area contributed by atoms with Gasteiger partial charge in [0.15, 0.2) is 5.76 Å². The van der Waals surface area contributed by atoms with Crippen LogP contribution in [0, 0.1) is 16.0 Å². The third-order valence-electron chi connectivity index (χ3n) is 7.94. The van der Waals surface area contributed by atoms with E-state index in [1.54, 1.807) is 18.3 Å². The highest BCUT2D eigenvalue weighted by Crippen LogP contribution is 2.41. The van der Waals surface area contributed by atoms with Gasteiger partial charge in [-0.25, -0.2) is 4.98 Å². The Labute approximate surface area is 204 Å². The second kappa shape index (κ2) is 9.34. The Morgan fingerprint density at radius 2 is 1.74 bits per heavy atom. The lowest BCUT2D eigenvalue weighted by Gasteiger charge is -2.40. The summed E-state index contributed by atoms with van der Waals surface area (Å²) in [5, 5.41) is 18.6. The van der Waals surface area contributed by atoms with Gasteiger partial charge in [-0.2, -0.15) is 0 Å². The van der Waals surface area contributed by atoms with Crippen molar-refractivity contribution in [2.75, 3.05) is 16.8 Å². The molecule has 1 saturated heterocycles. The van der Waals surface area contributed by atoms with Crippen LogP contribution in [0.25, 0.3) is 11.3 Å². The molecule has 5 atom stereocenters. The maximum absolute atomic E-state index is 11.0. The number of aromatic nitrogens is 1. The molecule has 0 amide bonds. The van der Waals surface area contributed by atoms with Crippen molar-refractivity contribution in [3.05, 3.63) is 70.9 Å². The lowest BCUT2D eigenvalue weighted by molar-refractivity contribution is -0.384. The van der Waals surface area contributed by atoms with Gasteiger partial charge in [0.1, 0.15) is 0 Å². The van der Waals surface area contributed by atoms with Gasteiger partial charge in [0, 0.05) is 54.1 Å². The van der Waals surface area contributed by atoms with Crippen molar-refractivity contribution < 1.29 is 9.34 Å². The summed E-state index contributed by atoms with van der Waals surface area (Å²) >= 11 is 0. The van der Waals surface area contributed by atoms with E-state index >= 15 is 0 Å². The van der Waals surface area contributed by atoms with Crippen molar-refractivity contribution in [2.24, 2.45) is 5.92 Å². The zero-order valence-electron chi connectivity index (χ0n) is 19.7. The maximum Gasteiger partial charge on any atom is 0.295 e. The predicted molar refractivity (Wildman–Crippen MR) is 135 cm³/mol. The van der Waals surface area contributed by atoms with Crippen LogP contribution in [-0.2, 0) is 0 Å². The minimum absolute atomic E-state index is 0.144. The second-order valence-corrected chi connectivity index (χ2v) is 10.1. The molecule has 0 spiro atoms. The minimum Gasteiger partial charge on any atom is -0.424 e. The summed E-state index contributed by atoms with van der Waals surface area (Å²) in [4.78, 5) is 17.6. The normalized spacial score (nSPS) is 27.8. The zero-order chi connectivity index (χ0) is 23.8. The van der Waals surface area contributed by atoms with Crippen molar-refractivity contribution in [1.29, 1.82) is 0 Å². The third-order valence-corrected chi connectivity index (χ3v) is 7.94. The van der Waals surface area contributed by atoms with E-state index in [4.69, 9.17) is 4.42 Å². The number of hydrogen-bond donors (Lipinski definition) is 2. The van der Waals surface area contributed by atoms with Crippen LogP contribution in [0.1, 0.15) is 38.5 Å². The average Bonchev–Trinajstić information content (AvgIpc) is 3.62. The standard InChI is InChI=1S/C27H31N5O3/c33-32(34)21-12-10-20(11-13-21)31-17-18-14-24(25(31)15-18)29-22-8-4-5-9-23(22)30-27-28-16-26(35-27)19-6-2-1-3-7-19/h1-3,6-7,10-13,16,18,22-25,29H,4-5,8-9,14-15,17H2,(H,28,30)/t18-,22?,23?,24+,25-/m1/s1. The van der Waals surface area contributed by atoms with Crippen molar-refractivity contribution in [1.82, 2.24) is 10.3 Å². The number of non-ortho nitro benzene ring substituents is 1. The average molecular weight is 474 g/mol. The molecule has 2 saturated carbocycles. The quantitative estimate of drug-likeness (QED) is 0.358. The molecule has 8 heteroatoms. The van der Waals surface area contributed by atoms with Crippen molar-refractivity contribution in [3.8, 4) is 11.3 Å². The number of piperidine rings is 1. The van der Waals surface area contributed by atoms with Crippen molar-refractivity contribution >= 4 is 17.4 Å². The number of hydrogen-bond acceptors (Lipinski definition) is 7. The Hall–Kier alpha value is -3.39. The van der Waals surface area contributed by atoms with E-state index in [0.717, 1.165) is 36.4 Å². The molecule has 2 bridgehead atoms. The Balaban J connectivity index is 1.13. The van der Waals surface area contributed by atoms with Crippen LogP contribution in [-0.4, -0.2) is 40.6 Å². The number of nitrogens with one attached hydrogen (secondary N) is 2. The second-order valence-electron chi connectivity index (χ2n) is 10.1. The summed E-state index contributed by atoms with van der Waals surface area (Å²) in [6, 6.07) is 19.1. The van der Waals surface area contributed by atoms with E-state index in [-0.39, 0.29) is 16.7 Å². The molecule has 35 heavy (non-hydrogen) atoms. The molecule has 1 aliphatic heterocycles. The fourth-order valence-electron chi connectivity index (χ4n) is 6.28. The highest BCUT2D eigenvalue weighted by Gasteiger charge is 2.46. The fraction of sp³-hybridized carbons (Fsp3) is 0.444. The van der Waals surface area contributed by atoms with Crippen LogP contribution in [0.15, 0.2) is 65.2 Å². The van der Waals surface area contributed by atoms with Gasteiger partial charge in [-0.3, -0.25) is 10.1 Å². The number of oxazole rings is 1. The lowest BCUT2D eigenvalue weighted by atomic mass is 9.89. The van der Waals surface area contributed by atoms with Crippen LogP contribution >= 0.6 is 0 Å². The molecule has 182 valence electrons. The smallest absolute Gasteiger partial charge is 0.295 e. The molecule has 0 radical (unpaired) electrons. The predicted octanol–water partition coefficient (Wildman–Crippen LogP) is 5.23. The number of nitro groups is 1. The van der Waals surface area contributed by atoms with Crippen LogP contribution in [0.4, 0.5) is 17.4 Å². The molecule has 2 aromatic carbocycles. The molecule has 3 aromatic rings. The number of nitro benzene ring substituents is 1. The van der Waals surface area contributed by atoms with Gasteiger partial charge >= 0.3 is 0 Å². The number of fused-ring (bicyclic) bond motifs is 2. The van der Waals surface area contributed by atoms with E-state index in [9.17, 15) is 10.1 Å². The molecule has 2 N–H and O–H groups in total. The highest BCUT2D eigenvalue weighted by atomic mass is 16.6. The van der Waals surface area contributed by atoms with Crippen LogP contribution in [0.5, 0.6) is 0 Å². The van der Waals surface area contributed by atoms with Crippen LogP contribution in [0.3, 0.4) is 0 Å². The highest BCUT2D eigenvalue weighted by molar-refractivity contribution is 5.57. The number of anilines is 2. The molecule has 3 fully saturated rings. The topological polar surface area (TPSA) is 96.5 Å². The fourth-order valence-corrected chi connectivity index (χ4v) is 6.28. The molecule has 8 nitrogen and oxygen atoms in total.